The van der Waals surface area contributed by atoms with Crippen molar-refractivity contribution in [2.24, 2.45) is 0 Å². The number of hydrogen-bond acceptors (Lipinski definition) is 2. The molecule has 0 radical (unpaired) electrons. The zero-order valence-corrected chi connectivity index (χ0v) is 9.18. The minimum Gasteiger partial charge on any atom is -0.491 e. The molecule has 0 saturated carbocycles. The maximum Gasteiger partial charge on any atom is 0.204 e. The van der Waals surface area contributed by atoms with Gasteiger partial charge in [-0.3, -0.25) is 4.98 Å². The third kappa shape index (κ3) is 1.79. The molecule has 1 aromatic carbocycles. The van der Waals surface area contributed by atoms with Gasteiger partial charge in [-0.2, -0.15) is 8.78 Å². The maximum atomic E-state index is 13.7. The molecule has 0 fully saturated rings. The van der Waals surface area contributed by atoms with Crippen LogP contribution in [0.1, 0.15) is 0 Å². The fourth-order valence-electron chi connectivity index (χ4n) is 1.53. The number of pyridine rings is 1. The number of methoxy groups -OCH3 is 1. The Morgan fingerprint density at radius 3 is 2.00 bits per heavy atom. The molecule has 1 heterocycles. The number of halogens is 4. The molecule has 1 aromatic heterocycles. The highest BCUT2D eigenvalue weighted by atomic mass is 19.2. The van der Waals surface area contributed by atoms with Gasteiger partial charge >= 0.3 is 0 Å². The topological polar surface area (TPSA) is 22.1 Å². The van der Waals surface area contributed by atoms with E-state index >= 15 is 0 Å². The molecule has 0 unspecified atom stereocenters. The van der Waals surface area contributed by atoms with Gasteiger partial charge in [0.1, 0.15) is 0 Å². The Morgan fingerprint density at radius 2 is 1.56 bits per heavy atom. The van der Waals surface area contributed by atoms with Gasteiger partial charge in [0, 0.05) is 6.20 Å². The van der Waals surface area contributed by atoms with E-state index in [1.165, 1.54) is 24.4 Å². The van der Waals surface area contributed by atoms with Crippen molar-refractivity contribution < 1.29 is 22.3 Å². The van der Waals surface area contributed by atoms with Gasteiger partial charge in [0.15, 0.2) is 17.4 Å². The van der Waals surface area contributed by atoms with Crippen LogP contribution in [-0.4, -0.2) is 12.1 Å². The SMILES string of the molecule is COc1c(F)c(F)c(-c2ccccn2)c(F)c1F. The summed E-state index contributed by atoms with van der Waals surface area (Å²) in [5.41, 5.74) is -1.06. The maximum absolute atomic E-state index is 13.7. The molecule has 0 spiro atoms. The lowest BCUT2D eigenvalue weighted by Crippen LogP contribution is -2.04. The zero-order chi connectivity index (χ0) is 13.3. The molecule has 18 heavy (non-hydrogen) atoms. The van der Waals surface area contributed by atoms with Crippen LogP contribution in [0.4, 0.5) is 17.6 Å². The first-order chi connectivity index (χ1) is 8.57. The van der Waals surface area contributed by atoms with Crippen molar-refractivity contribution >= 4 is 0 Å². The molecule has 6 heteroatoms. The lowest BCUT2D eigenvalue weighted by Gasteiger charge is -2.10. The van der Waals surface area contributed by atoms with Gasteiger partial charge in [-0.25, -0.2) is 8.78 Å². The van der Waals surface area contributed by atoms with Crippen molar-refractivity contribution in [2.75, 3.05) is 7.11 Å². The molecule has 0 N–H and O–H groups in total. The van der Waals surface area contributed by atoms with Crippen LogP contribution in [0, 0.1) is 23.3 Å². The van der Waals surface area contributed by atoms with E-state index in [4.69, 9.17) is 0 Å². The molecule has 0 amide bonds. The first kappa shape index (κ1) is 12.3. The van der Waals surface area contributed by atoms with Gasteiger partial charge in [0.25, 0.3) is 0 Å². The van der Waals surface area contributed by atoms with Crippen molar-refractivity contribution in [3.05, 3.63) is 47.7 Å². The van der Waals surface area contributed by atoms with Crippen LogP contribution < -0.4 is 4.74 Å². The number of aromatic nitrogens is 1. The summed E-state index contributed by atoms with van der Waals surface area (Å²) in [6.45, 7) is 0. The van der Waals surface area contributed by atoms with Gasteiger partial charge in [-0.05, 0) is 12.1 Å². The van der Waals surface area contributed by atoms with E-state index < -0.39 is 34.6 Å². The van der Waals surface area contributed by atoms with Gasteiger partial charge in [-0.1, -0.05) is 6.07 Å². The average Bonchev–Trinajstić information content (AvgIpc) is 2.39. The summed E-state index contributed by atoms with van der Waals surface area (Å²) in [5.74, 6) is -7.34. The smallest absolute Gasteiger partial charge is 0.204 e. The minimum atomic E-state index is -1.59. The van der Waals surface area contributed by atoms with Crippen LogP contribution in [-0.2, 0) is 0 Å². The molecule has 0 aliphatic rings. The highest BCUT2D eigenvalue weighted by Crippen LogP contribution is 2.34. The summed E-state index contributed by atoms with van der Waals surface area (Å²) in [6, 6.07) is 4.20. The summed E-state index contributed by atoms with van der Waals surface area (Å²) in [7, 11) is 0.917. The van der Waals surface area contributed by atoms with Gasteiger partial charge in [-0.15, -0.1) is 0 Å². The Kier molecular flexibility index (Phi) is 3.18. The molecule has 0 aliphatic heterocycles. The quantitative estimate of drug-likeness (QED) is 0.608. The monoisotopic (exact) mass is 257 g/mol. The number of rotatable bonds is 2. The van der Waals surface area contributed by atoms with Crippen molar-refractivity contribution in [3.8, 4) is 17.0 Å². The number of hydrogen-bond donors (Lipinski definition) is 0. The van der Waals surface area contributed by atoms with Crippen LogP contribution in [0.3, 0.4) is 0 Å². The third-order valence-electron chi connectivity index (χ3n) is 2.35. The van der Waals surface area contributed by atoms with Crippen molar-refractivity contribution in [1.29, 1.82) is 0 Å². The Labute approximate surface area is 99.8 Å². The Balaban J connectivity index is 2.78. The molecular weight excluding hydrogens is 250 g/mol. The number of benzene rings is 1. The van der Waals surface area contributed by atoms with Crippen molar-refractivity contribution in [1.82, 2.24) is 4.98 Å². The molecule has 94 valence electrons. The fourth-order valence-corrected chi connectivity index (χ4v) is 1.53. The highest BCUT2D eigenvalue weighted by Gasteiger charge is 2.27. The van der Waals surface area contributed by atoms with E-state index in [0.29, 0.717) is 0 Å². The molecule has 0 bridgehead atoms. The lowest BCUT2D eigenvalue weighted by atomic mass is 10.1. The van der Waals surface area contributed by atoms with Crippen molar-refractivity contribution in [3.63, 3.8) is 0 Å². The molecule has 2 nitrogen and oxygen atoms in total. The first-order valence-electron chi connectivity index (χ1n) is 4.89. The summed E-state index contributed by atoms with van der Waals surface area (Å²) in [5, 5.41) is 0. The standard InChI is InChI=1S/C12H7F4NO/c1-18-12-10(15)8(13)7(9(14)11(12)16)6-4-2-3-5-17-6/h2-5H,1H3. The van der Waals surface area contributed by atoms with E-state index in [1.807, 2.05) is 0 Å². The third-order valence-corrected chi connectivity index (χ3v) is 2.35. The summed E-state index contributed by atoms with van der Waals surface area (Å²) < 4.78 is 58.5. The average molecular weight is 257 g/mol. The number of ether oxygens (including phenoxy) is 1. The molecular formula is C12H7F4NO. The fraction of sp³-hybridized carbons (Fsp3) is 0.0833. The molecule has 0 atom stereocenters. The van der Waals surface area contributed by atoms with E-state index in [0.717, 1.165) is 7.11 Å². The molecule has 0 saturated heterocycles. The predicted molar refractivity (Wildman–Crippen MR) is 56.1 cm³/mol. The normalized spacial score (nSPS) is 10.5. The lowest BCUT2D eigenvalue weighted by molar-refractivity contribution is 0.334. The Hall–Kier alpha value is -2.11. The van der Waals surface area contributed by atoms with E-state index in [-0.39, 0.29) is 5.69 Å². The van der Waals surface area contributed by atoms with Gasteiger partial charge in [0.05, 0.1) is 18.4 Å². The molecule has 0 aliphatic carbocycles. The van der Waals surface area contributed by atoms with Crippen LogP contribution in [0.25, 0.3) is 11.3 Å². The van der Waals surface area contributed by atoms with Crippen LogP contribution in [0.15, 0.2) is 24.4 Å². The van der Waals surface area contributed by atoms with Gasteiger partial charge < -0.3 is 4.74 Å². The Bertz CT molecular complexity index is 557. The molecule has 2 rings (SSSR count). The second kappa shape index (κ2) is 4.64. The predicted octanol–water partition coefficient (Wildman–Crippen LogP) is 3.31. The van der Waals surface area contributed by atoms with Crippen molar-refractivity contribution in [2.45, 2.75) is 0 Å². The van der Waals surface area contributed by atoms with Crippen LogP contribution in [0.2, 0.25) is 0 Å². The van der Waals surface area contributed by atoms with E-state index in [9.17, 15) is 17.6 Å². The summed E-state index contributed by atoms with van der Waals surface area (Å²) in [6.07, 6.45) is 1.26. The largest absolute Gasteiger partial charge is 0.491 e. The summed E-state index contributed by atoms with van der Waals surface area (Å²) >= 11 is 0. The van der Waals surface area contributed by atoms with Crippen LogP contribution in [0.5, 0.6) is 5.75 Å². The van der Waals surface area contributed by atoms with Gasteiger partial charge in [0.2, 0.25) is 11.6 Å². The number of nitrogens with zero attached hydrogens (tertiary/aromatic N) is 1. The summed E-state index contributed by atoms with van der Waals surface area (Å²) in [4.78, 5) is 3.65. The first-order valence-corrected chi connectivity index (χ1v) is 4.89. The zero-order valence-electron chi connectivity index (χ0n) is 9.18. The highest BCUT2D eigenvalue weighted by molar-refractivity contribution is 5.62. The van der Waals surface area contributed by atoms with Crippen LogP contribution >= 0.6 is 0 Å². The van der Waals surface area contributed by atoms with E-state index in [1.54, 1.807) is 0 Å². The second-order valence-electron chi connectivity index (χ2n) is 3.38. The Morgan fingerprint density at radius 1 is 0.944 bits per heavy atom. The minimum absolute atomic E-state index is 0.201. The second-order valence-corrected chi connectivity index (χ2v) is 3.38. The van der Waals surface area contributed by atoms with E-state index in [2.05, 4.69) is 9.72 Å². The molecule has 2 aromatic rings.